The number of pyridine rings is 1. The van der Waals surface area contributed by atoms with E-state index in [1.165, 1.54) is 6.92 Å². The van der Waals surface area contributed by atoms with Crippen molar-refractivity contribution in [3.63, 3.8) is 0 Å². The molecule has 1 amide bonds. The molecule has 6 nitrogen and oxygen atoms in total. The number of methoxy groups -OCH3 is 1. The molecule has 2 aromatic carbocycles. The van der Waals surface area contributed by atoms with Gasteiger partial charge in [0.25, 0.3) is 0 Å². The van der Waals surface area contributed by atoms with E-state index in [0.29, 0.717) is 21.8 Å². The predicted octanol–water partition coefficient (Wildman–Crippen LogP) is 7.01. The van der Waals surface area contributed by atoms with Gasteiger partial charge in [-0.15, -0.1) is 0 Å². The van der Waals surface area contributed by atoms with Gasteiger partial charge in [0.05, 0.1) is 18.2 Å². The first-order chi connectivity index (χ1) is 16.1. The fraction of sp³-hybridized carbons (Fsp3) is 0.222. The number of ketones is 1. The quantitative estimate of drug-likeness (QED) is 0.313. The smallest absolute Gasteiger partial charge is 0.229 e. The average Bonchev–Trinajstić information content (AvgIpc) is 3.14. The van der Waals surface area contributed by atoms with E-state index in [1.807, 2.05) is 48.5 Å². The van der Waals surface area contributed by atoms with Crippen molar-refractivity contribution in [1.29, 1.82) is 0 Å². The van der Waals surface area contributed by atoms with Gasteiger partial charge in [-0.25, -0.2) is 4.98 Å². The summed E-state index contributed by atoms with van der Waals surface area (Å²) in [4.78, 5) is 30.0. The molecule has 0 bridgehead atoms. The third kappa shape index (κ3) is 4.41. The van der Waals surface area contributed by atoms with Crippen LogP contribution in [0, 0.1) is 5.41 Å². The molecule has 0 unspecified atom stereocenters. The van der Waals surface area contributed by atoms with Gasteiger partial charge in [-0.2, -0.15) is 0 Å². The van der Waals surface area contributed by atoms with Gasteiger partial charge in [0, 0.05) is 28.5 Å². The van der Waals surface area contributed by atoms with Crippen molar-refractivity contribution >= 4 is 40.1 Å². The third-order valence-corrected chi connectivity index (χ3v) is 5.73. The van der Waals surface area contributed by atoms with Crippen LogP contribution in [0.1, 0.15) is 38.2 Å². The maximum absolute atomic E-state index is 13.2. The molecule has 0 aliphatic rings. The Morgan fingerprint density at radius 2 is 1.71 bits per heavy atom. The Hall–Kier alpha value is -3.64. The molecule has 4 aromatic rings. The minimum atomic E-state index is -0.717. The highest BCUT2D eigenvalue weighted by Gasteiger charge is 2.31. The molecule has 2 heterocycles. The molecular weight excluding hydrogens is 452 g/mol. The van der Waals surface area contributed by atoms with E-state index in [1.54, 1.807) is 33.9 Å². The van der Waals surface area contributed by atoms with Crippen LogP contribution in [-0.4, -0.2) is 23.8 Å². The van der Waals surface area contributed by atoms with Gasteiger partial charge in [0.2, 0.25) is 17.4 Å². The summed E-state index contributed by atoms with van der Waals surface area (Å²) in [5, 5.41) is 3.84. The number of Topliss-reactive ketones (excluding diaryl/α,β-unsaturated/α-hetero) is 1. The van der Waals surface area contributed by atoms with Crippen molar-refractivity contribution in [2.45, 2.75) is 27.7 Å². The summed E-state index contributed by atoms with van der Waals surface area (Å²) in [5.41, 5.74) is 2.79. The van der Waals surface area contributed by atoms with Gasteiger partial charge in [-0.05, 0) is 29.8 Å². The van der Waals surface area contributed by atoms with Crippen LogP contribution < -0.4 is 10.1 Å². The minimum Gasteiger partial charge on any atom is -0.497 e. The van der Waals surface area contributed by atoms with E-state index in [4.69, 9.17) is 25.7 Å². The maximum atomic E-state index is 13.2. The number of nitrogens with zero attached hydrogens (tertiary/aromatic N) is 1. The summed E-state index contributed by atoms with van der Waals surface area (Å²) >= 11 is 6.53. The topological polar surface area (TPSA) is 81.4 Å². The van der Waals surface area contributed by atoms with E-state index in [9.17, 15) is 9.59 Å². The highest BCUT2D eigenvalue weighted by atomic mass is 35.5. The molecule has 0 spiro atoms. The lowest BCUT2D eigenvalue weighted by Gasteiger charge is -2.15. The van der Waals surface area contributed by atoms with E-state index < -0.39 is 5.41 Å². The number of aromatic nitrogens is 1. The number of furan rings is 1. The van der Waals surface area contributed by atoms with Gasteiger partial charge in [0.15, 0.2) is 5.76 Å². The van der Waals surface area contributed by atoms with Gasteiger partial charge in [-0.3, -0.25) is 9.59 Å². The van der Waals surface area contributed by atoms with Gasteiger partial charge in [0.1, 0.15) is 11.4 Å². The molecule has 0 aliphatic heterocycles. The van der Waals surface area contributed by atoms with Crippen molar-refractivity contribution in [1.82, 2.24) is 4.98 Å². The summed E-state index contributed by atoms with van der Waals surface area (Å²) in [6, 6.07) is 16.8. The van der Waals surface area contributed by atoms with Crippen LogP contribution >= 0.6 is 11.6 Å². The van der Waals surface area contributed by atoms with Crippen LogP contribution in [0.3, 0.4) is 0 Å². The van der Waals surface area contributed by atoms with Crippen molar-refractivity contribution in [2.24, 2.45) is 5.41 Å². The molecule has 7 heteroatoms. The predicted molar refractivity (Wildman–Crippen MR) is 135 cm³/mol. The Morgan fingerprint density at radius 3 is 2.29 bits per heavy atom. The number of carbonyl (C=O) groups excluding carboxylic acids is 2. The van der Waals surface area contributed by atoms with Gasteiger partial charge >= 0.3 is 0 Å². The SMILES string of the molecule is COc1ccc(-c2cc3c(NC(C)=O)c(C(=O)C(C)(C)C)oc3nc2-c2ccccc2Cl)cc1. The zero-order chi connectivity index (χ0) is 24.6. The molecule has 0 fully saturated rings. The first-order valence-corrected chi connectivity index (χ1v) is 11.2. The number of anilines is 1. The second kappa shape index (κ2) is 8.95. The van der Waals surface area contributed by atoms with E-state index >= 15 is 0 Å². The molecule has 0 radical (unpaired) electrons. The van der Waals surface area contributed by atoms with Crippen LogP contribution in [0.5, 0.6) is 5.75 Å². The summed E-state index contributed by atoms with van der Waals surface area (Å²) in [6.45, 7) is 6.78. The van der Waals surface area contributed by atoms with Crippen LogP contribution in [-0.2, 0) is 4.79 Å². The second-order valence-electron chi connectivity index (χ2n) is 9.01. The molecule has 4 rings (SSSR count). The largest absolute Gasteiger partial charge is 0.497 e. The van der Waals surface area contributed by atoms with Crippen LogP contribution in [0.25, 0.3) is 33.5 Å². The monoisotopic (exact) mass is 476 g/mol. The maximum Gasteiger partial charge on any atom is 0.229 e. The van der Waals surface area contributed by atoms with Crippen LogP contribution in [0.15, 0.2) is 59.0 Å². The Bertz CT molecular complexity index is 1400. The highest BCUT2D eigenvalue weighted by Crippen LogP contribution is 2.41. The number of benzene rings is 2. The molecule has 174 valence electrons. The number of rotatable bonds is 5. The zero-order valence-electron chi connectivity index (χ0n) is 19.7. The number of amides is 1. The number of hydrogen-bond acceptors (Lipinski definition) is 5. The summed E-state index contributed by atoms with van der Waals surface area (Å²) in [6.07, 6.45) is 0. The number of fused-ring (bicyclic) bond motifs is 1. The normalized spacial score (nSPS) is 11.5. The number of carbonyl (C=O) groups is 2. The lowest BCUT2D eigenvalue weighted by atomic mass is 9.88. The second-order valence-corrected chi connectivity index (χ2v) is 9.42. The fourth-order valence-electron chi connectivity index (χ4n) is 3.67. The highest BCUT2D eigenvalue weighted by molar-refractivity contribution is 6.33. The molecule has 0 atom stereocenters. The Kier molecular flexibility index (Phi) is 6.19. The summed E-state index contributed by atoms with van der Waals surface area (Å²) in [7, 11) is 1.61. The Balaban J connectivity index is 2.06. The van der Waals surface area contributed by atoms with Crippen molar-refractivity contribution in [3.05, 3.63) is 65.4 Å². The lowest BCUT2D eigenvalue weighted by molar-refractivity contribution is -0.114. The molecule has 0 saturated heterocycles. The number of ether oxygens (including phenoxy) is 1. The first-order valence-electron chi connectivity index (χ1n) is 10.8. The minimum absolute atomic E-state index is 0.0715. The number of halogens is 1. The number of nitrogens with one attached hydrogen (secondary N) is 1. The standard InChI is InChI=1S/C27H25ClN2O4/c1-15(31)29-23-20-14-19(16-10-12-17(33-5)13-11-16)22(18-8-6-7-9-21(18)28)30-26(20)34-24(23)25(32)27(2,3)4/h6-14H,1-5H3,(H,29,31). The lowest BCUT2D eigenvalue weighted by Crippen LogP contribution is -2.21. The Morgan fingerprint density at radius 1 is 1.03 bits per heavy atom. The van der Waals surface area contributed by atoms with Gasteiger partial charge in [-0.1, -0.05) is 62.7 Å². The molecular formula is C27H25ClN2O4. The van der Waals surface area contributed by atoms with Crippen LogP contribution in [0.2, 0.25) is 5.02 Å². The molecule has 2 aromatic heterocycles. The molecule has 0 aliphatic carbocycles. The van der Waals surface area contributed by atoms with Crippen LogP contribution in [0.4, 0.5) is 5.69 Å². The van der Waals surface area contributed by atoms with Crippen molar-refractivity contribution < 1.29 is 18.7 Å². The third-order valence-electron chi connectivity index (χ3n) is 5.40. The summed E-state index contributed by atoms with van der Waals surface area (Å²) in [5.74, 6) is 0.242. The molecule has 34 heavy (non-hydrogen) atoms. The molecule has 0 saturated carbocycles. The summed E-state index contributed by atoms with van der Waals surface area (Å²) < 4.78 is 11.3. The molecule has 1 N–H and O–H groups in total. The Labute approximate surface area is 202 Å². The van der Waals surface area contributed by atoms with Crippen molar-refractivity contribution in [3.8, 4) is 28.1 Å². The van der Waals surface area contributed by atoms with Crippen molar-refractivity contribution in [2.75, 3.05) is 12.4 Å². The first kappa shape index (κ1) is 23.5. The van der Waals surface area contributed by atoms with E-state index in [0.717, 1.165) is 22.4 Å². The number of hydrogen-bond donors (Lipinski definition) is 1. The average molecular weight is 477 g/mol. The van der Waals surface area contributed by atoms with Gasteiger partial charge < -0.3 is 14.5 Å². The fourth-order valence-corrected chi connectivity index (χ4v) is 3.90. The zero-order valence-corrected chi connectivity index (χ0v) is 20.4. The van der Waals surface area contributed by atoms with E-state index in [2.05, 4.69) is 5.32 Å². The van der Waals surface area contributed by atoms with E-state index in [-0.39, 0.29) is 23.2 Å².